The molecule has 1 saturated heterocycles. The Labute approximate surface area is 153 Å². The van der Waals surface area contributed by atoms with Crippen molar-refractivity contribution in [3.05, 3.63) is 47.9 Å². The molecular weight excluding hydrogens is 330 g/mol. The van der Waals surface area contributed by atoms with Crippen LogP contribution < -0.4 is 10.2 Å². The highest BCUT2D eigenvalue weighted by molar-refractivity contribution is 5.93. The van der Waals surface area contributed by atoms with E-state index in [1.807, 2.05) is 6.07 Å². The number of nitrogens with zero attached hydrogens (tertiary/aromatic N) is 4. The summed E-state index contributed by atoms with van der Waals surface area (Å²) < 4.78 is 5.33. The molecule has 1 aromatic heterocycles. The van der Waals surface area contributed by atoms with E-state index in [4.69, 9.17) is 4.74 Å². The zero-order valence-electron chi connectivity index (χ0n) is 14.7. The molecule has 2 aliphatic rings. The first kappa shape index (κ1) is 16.9. The van der Waals surface area contributed by atoms with Crippen molar-refractivity contribution in [2.75, 3.05) is 50.8 Å². The van der Waals surface area contributed by atoms with Crippen LogP contribution in [0.4, 0.5) is 11.5 Å². The van der Waals surface area contributed by atoms with E-state index in [-0.39, 0.29) is 5.91 Å². The highest BCUT2D eigenvalue weighted by atomic mass is 16.5. The van der Waals surface area contributed by atoms with Crippen LogP contribution in [0.3, 0.4) is 0 Å². The first-order valence-electron chi connectivity index (χ1n) is 9.07. The second kappa shape index (κ2) is 7.80. The van der Waals surface area contributed by atoms with Crippen molar-refractivity contribution in [3.8, 4) is 0 Å². The summed E-state index contributed by atoms with van der Waals surface area (Å²) in [5, 5.41) is 2.95. The van der Waals surface area contributed by atoms with E-state index in [0.717, 1.165) is 57.3 Å². The van der Waals surface area contributed by atoms with Crippen LogP contribution in [0, 0.1) is 0 Å². The molecule has 0 unspecified atom stereocenters. The number of hydrogen-bond acceptors (Lipinski definition) is 6. The van der Waals surface area contributed by atoms with Gasteiger partial charge in [-0.2, -0.15) is 0 Å². The van der Waals surface area contributed by atoms with Crippen LogP contribution in [-0.4, -0.2) is 66.7 Å². The Balaban J connectivity index is 1.39. The number of morpholine rings is 1. The molecule has 3 heterocycles. The zero-order valence-corrected chi connectivity index (χ0v) is 14.7. The smallest absolute Gasteiger partial charge is 0.270 e. The van der Waals surface area contributed by atoms with Gasteiger partial charge >= 0.3 is 0 Å². The number of para-hydroxylation sites is 1. The molecule has 0 atom stereocenters. The summed E-state index contributed by atoms with van der Waals surface area (Å²) in [4.78, 5) is 25.4. The maximum atomic E-state index is 12.4. The van der Waals surface area contributed by atoms with Crippen LogP contribution in [0.15, 0.2) is 36.7 Å². The summed E-state index contributed by atoms with van der Waals surface area (Å²) in [5.41, 5.74) is 2.87. The van der Waals surface area contributed by atoms with Crippen molar-refractivity contribution in [2.24, 2.45) is 0 Å². The van der Waals surface area contributed by atoms with Gasteiger partial charge < -0.3 is 15.0 Å². The van der Waals surface area contributed by atoms with E-state index in [1.54, 1.807) is 6.07 Å². The fourth-order valence-corrected chi connectivity index (χ4v) is 3.44. The Morgan fingerprint density at radius 1 is 1.15 bits per heavy atom. The summed E-state index contributed by atoms with van der Waals surface area (Å²) >= 11 is 0. The predicted molar refractivity (Wildman–Crippen MR) is 98.8 cm³/mol. The van der Waals surface area contributed by atoms with Gasteiger partial charge in [0.2, 0.25) is 0 Å². The van der Waals surface area contributed by atoms with Gasteiger partial charge in [0.25, 0.3) is 5.91 Å². The first-order chi connectivity index (χ1) is 12.8. The largest absolute Gasteiger partial charge is 0.379 e. The minimum absolute atomic E-state index is 0.158. The second-order valence-electron chi connectivity index (χ2n) is 6.50. The lowest BCUT2D eigenvalue weighted by atomic mass is 10.2. The first-order valence-corrected chi connectivity index (χ1v) is 9.07. The second-order valence-corrected chi connectivity index (χ2v) is 6.50. The molecule has 0 spiro atoms. The lowest BCUT2D eigenvalue weighted by Crippen LogP contribution is -2.41. The van der Waals surface area contributed by atoms with E-state index < -0.39 is 0 Å². The fourth-order valence-electron chi connectivity index (χ4n) is 3.44. The van der Waals surface area contributed by atoms with Crippen molar-refractivity contribution in [3.63, 3.8) is 0 Å². The van der Waals surface area contributed by atoms with Gasteiger partial charge in [-0.1, -0.05) is 18.2 Å². The van der Waals surface area contributed by atoms with E-state index in [9.17, 15) is 4.79 Å². The van der Waals surface area contributed by atoms with Crippen LogP contribution in [0.25, 0.3) is 0 Å². The SMILES string of the molecule is O=C(NCCN1CCOCC1)c1cc(N2CCc3ccccc32)ncn1. The molecule has 1 amide bonds. The quantitative estimate of drug-likeness (QED) is 0.872. The third-order valence-electron chi connectivity index (χ3n) is 4.87. The Morgan fingerprint density at radius 2 is 2.00 bits per heavy atom. The number of rotatable bonds is 5. The average Bonchev–Trinajstić information content (AvgIpc) is 3.13. The number of aromatic nitrogens is 2. The number of nitrogens with one attached hydrogen (secondary N) is 1. The van der Waals surface area contributed by atoms with Gasteiger partial charge in [-0.15, -0.1) is 0 Å². The highest BCUT2D eigenvalue weighted by Gasteiger charge is 2.22. The van der Waals surface area contributed by atoms with E-state index in [1.165, 1.54) is 11.9 Å². The normalized spacial score (nSPS) is 17.2. The molecule has 1 fully saturated rings. The van der Waals surface area contributed by atoms with Crippen LogP contribution >= 0.6 is 0 Å². The molecule has 136 valence electrons. The Kier molecular flexibility index (Phi) is 5.08. The predicted octanol–water partition coefficient (Wildman–Crippen LogP) is 1.23. The number of amides is 1. The summed E-state index contributed by atoms with van der Waals surface area (Å²) in [7, 11) is 0. The fraction of sp³-hybridized carbons (Fsp3) is 0.421. The summed E-state index contributed by atoms with van der Waals surface area (Å²) in [6.45, 7) is 5.66. The summed E-state index contributed by atoms with van der Waals surface area (Å²) in [5.74, 6) is 0.609. The lowest BCUT2D eigenvalue weighted by molar-refractivity contribution is 0.0383. The maximum Gasteiger partial charge on any atom is 0.270 e. The third kappa shape index (κ3) is 3.68. The molecule has 2 aromatic rings. The maximum absolute atomic E-state index is 12.4. The monoisotopic (exact) mass is 353 g/mol. The third-order valence-corrected chi connectivity index (χ3v) is 4.87. The van der Waals surface area contributed by atoms with E-state index in [2.05, 4.69) is 43.3 Å². The molecule has 1 aromatic carbocycles. The van der Waals surface area contributed by atoms with Crippen molar-refractivity contribution in [1.82, 2.24) is 20.2 Å². The lowest BCUT2D eigenvalue weighted by Gasteiger charge is -2.26. The number of ether oxygens (including phenoxy) is 1. The van der Waals surface area contributed by atoms with E-state index in [0.29, 0.717) is 12.2 Å². The molecule has 7 nitrogen and oxygen atoms in total. The molecule has 0 bridgehead atoms. The van der Waals surface area contributed by atoms with Gasteiger partial charge in [-0.3, -0.25) is 9.69 Å². The molecule has 26 heavy (non-hydrogen) atoms. The number of hydrogen-bond donors (Lipinski definition) is 1. The van der Waals surface area contributed by atoms with Gasteiger partial charge in [0.15, 0.2) is 0 Å². The zero-order chi connectivity index (χ0) is 17.8. The van der Waals surface area contributed by atoms with Gasteiger partial charge in [-0.05, 0) is 18.1 Å². The van der Waals surface area contributed by atoms with Crippen LogP contribution in [-0.2, 0) is 11.2 Å². The summed E-state index contributed by atoms with van der Waals surface area (Å²) in [6.07, 6.45) is 2.45. The molecule has 0 radical (unpaired) electrons. The Morgan fingerprint density at radius 3 is 2.88 bits per heavy atom. The molecule has 2 aliphatic heterocycles. The molecular formula is C19H23N5O2. The number of fused-ring (bicyclic) bond motifs is 1. The average molecular weight is 353 g/mol. The van der Waals surface area contributed by atoms with Crippen molar-refractivity contribution in [2.45, 2.75) is 6.42 Å². The standard InChI is InChI=1S/C19H23N5O2/c25-19(20-6-8-23-9-11-26-12-10-23)16-13-18(22-14-21-16)24-7-5-15-3-1-2-4-17(15)24/h1-4,13-14H,5-12H2,(H,20,25). The minimum atomic E-state index is -0.158. The minimum Gasteiger partial charge on any atom is -0.379 e. The molecule has 1 N–H and O–H groups in total. The highest BCUT2D eigenvalue weighted by Crippen LogP contribution is 2.32. The molecule has 0 saturated carbocycles. The van der Waals surface area contributed by atoms with Crippen LogP contribution in [0.5, 0.6) is 0 Å². The van der Waals surface area contributed by atoms with Crippen LogP contribution in [0.1, 0.15) is 16.1 Å². The van der Waals surface area contributed by atoms with Gasteiger partial charge in [0, 0.05) is 44.5 Å². The number of benzene rings is 1. The van der Waals surface area contributed by atoms with Gasteiger partial charge in [0.1, 0.15) is 17.8 Å². The van der Waals surface area contributed by atoms with Crippen molar-refractivity contribution < 1.29 is 9.53 Å². The number of carbonyl (C=O) groups excluding carboxylic acids is 1. The van der Waals surface area contributed by atoms with Gasteiger partial charge in [-0.25, -0.2) is 9.97 Å². The topological polar surface area (TPSA) is 70.6 Å². The Bertz CT molecular complexity index is 776. The molecule has 7 heteroatoms. The van der Waals surface area contributed by atoms with Crippen molar-refractivity contribution >= 4 is 17.4 Å². The number of anilines is 2. The molecule has 0 aliphatic carbocycles. The van der Waals surface area contributed by atoms with Crippen molar-refractivity contribution in [1.29, 1.82) is 0 Å². The van der Waals surface area contributed by atoms with E-state index >= 15 is 0 Å². The van der Waals surface area contributed by atoms with Crippen LogP contribution in [0.2, 0.25) is 0 Å². The Hall–Kier alpha value is -2.51. The molecule has 4 rings (SSSR count). The van der Waals surface area contributed by atoms with Gasteiger partial charge in [0.05, 0.1) is 13.2 Å². The number of carbonyl (C=O) groups is 1. The summed E-state index contributed by atoms with van der Waals surface area (Å²) in [6, 6.07) is 10.1.